The number of nitrogens with zero attached hydrogens (tertiary/aromatic N) is 1. The second-order valence-electron chi connectivity index (χ2n) is 5.19. The molecule has 1 fully saturated rings. The molecule has 1 heterocycles. The molecule has 1 atom stereocenters. The molecule has 1 aliphatic rings. The van der Waals surface area contributed by atoms with E-state index in [1.54, 1.807) is 7.11 Å². The van der Waals surface area contributed by atoms with E-state index in [0.29, 0.717) is 23.8 Å². The van der Waals surface area contributed by atoms with Crippen molar-refractivity contribution in [1.29, 1.82) is 0 Å². The average Bonchev–Trinajstić information content (AvgIpc) is 2.87. The van der Waals surface area contributed by atoms with Gasteiger partial charge in [-0.05, 0) is 44.4 Å². The van der Waals surface area contributed by atoms with Crippen LogP contribution in [0.25, 0.3) is 0 Å². The van der Waals surface area contributed by atoms with E-state index in [-0.39, 0.29) is 5.91 Å². The first-order chi connectivity index (χ1) is 9.15. The normalized spacial score (nSPS) is 18.7. The molecule has 19 heavy (non-hydrogen) atoms. The number of aryl methyl sites for hydroxylation is 1. The smallest absolute Gasteiger partial charge is 0.257 e. The number of amides is 1. The highest BCUT2D eigenvalue weighted by Crippen LogP contribution is 2.25. The van der Waals surface area contributed by atoms with Gasteiger partial charge in [0.15, 0.2) is 0 Å². The number of carbonyl (C=O) groups is 1. The molecule has 1 saturated heterocycles. The summed E-state index contributed by atoms with van der Waals surface area (Å²) in [6.07, 6.45) is 2.05. The molecule has 0 spiro atoms. The number of ether oxygens (including phenoxy) is 1. The molecule has 4 nitrogen and oxygen atoms in total. The molecule has 1 amide bonds. The zero-order chi connectivity index (χ0) is 13.8. The lowest BCUT2D eigenvalue weighted by Gasteiger charge is -2.18. The predicted molar refractivity (Wildman–Crippen MR) is 75.4 cm³/mol. The third kappa shape index (κ3) is 3.07. The third-order valence-corrected chi connectivity index (χ3v) is 3.73. The van der Waals surface area contributed by atoms with Crippen LogP contribution in [0.5, 0.6) is 5.75 Å². The molecular formula is C15H22N2O2. The van der Waals surface area contributed by atoms with Gasteiger partial charge < -0.3 is 15.4 Å². The molecule has 0 aromatic heterocycles. The molecule has 1 aromatic rings. The number of benzene rings is 1. The number of hydrogen-bond acceptors (Lipinski definition) is 3. The van der Waals surface area contributed by atoms with Crippen LogP contribution < -0.4 is 10.5 Å². The van der Waals surface area contributed by atoms with Gasteiger partial charge in [-0.25, -0.2) is 0 Å². The summed E-state index contributed by atoms with van der Waals surface area (Å²) in [5.41, 5.74) is 7.32. The van der Waals surface area contributed by atoms with Crippen molar-refractivity contribution in [1.82, 2.24) is 4.90 Å². The van der Waals surface area contributed by atoms with Crippen LogP contribution in [0.15, 0.2) is 18.2 Å². The number of hydrogen-bond donors (Lipinski definition) is 1. The van der Waals surface area contributed by atoms with E-state index in [9.17, 15) is 4.79 Å². The fourth-order valence-corrected chi connectivity index (χ4v) is 2.65. The van der Waals surface area contributed by atoms with Gasteiger partial charge in [0, 0.05) is 13.1 Å². The molecule has 2 rings (SSSR count). The Morgan fingerprint density at radius 1 is 1.53 bits per heavy atom. The second kappa shape index (κ2) is 6.06. The summed E-state index contributed by atoms with van der Waals surface area (Å²) in [6.45, 7) is 4.31. The Labute approximate surface area is 114 Å². The molecule has 0 saturated carbocycles. The maximum atomic E-state index is 12.5. The Hall–Kier alpha value is -1.55. The van der Waals surface area contributed by atoms with Crippen LogP contribution >= 0.6 is 0 Å². The van der Waals surface area contributed by atoms with Crippen molar-refractivity contribution in [2.75, 3.05) is 26.7 Å². The Morgan fingerprint density at radius 2 is 2.32 bits per heavy atom. The van der Waals surface area contributed by atoms with E-state index in [1.165, 1.54) is 0 Å². The zero-order valence-electron chi connectivity index (χ0n) is 11.7. The lowest BCUT2D eigenvalue weighted by molar-refractivity contribution is 0.0783. The largest absolute Gasteiger partial charge is 0.496 e. The minimum atomic E-state index is 0.0695. The van der Waals surface area contributed by atoms with Crippen LogP contribution in [0.2, 0.25) is 0 Å². The quantitative estimate of drug-likeness (QED) is 0.900. The molecule has 0 bridgehead atoms. The first-order valence-electron chi connectivity index (χ1n) is 6.79. The van der Waals surface area contributed by atoms with E-state index >= 15 is 0 Å². The molecule has 1 aromatic carbocycles. The van der Waals surface area contributed by atoms with Gasteiger partial charge in [-0.2, -0.15) is 0 Å². The SMILES string of the molecule is COc1ccc(C)cc1C(=O)N1CCC(CCN)C1. The van der Waals surface area contributed by atoms with E-state index in [1.807, 2.05) is 30.0 Å². The first-order valence-corrected chi connectivity index (χ1v) is 6.79. The van der Waals surface area contributed by atoms with Crippen LogP contribution in [-0.4, -0.2) is 37.6 Å². The zero-order valence-corrected chi connectivity index (χ0v) is 11.7. The molecule has 1 unspecified atom stereocenters. The van der Waals surface area contributed by atoms with Gasteiger partial charge in [0.05, 0.1) is 12.7 Å². The molecule has 2 N–H and O–H groups in total. The number of likely N-dealkylation sites (tertiary alicyclic amines) is 1. The fourth-order valence-electron chi connectivity index (χ4n) is 2.65. The monoisotopic (exact) mass is 262 g/mol. The maximum Gasteiger partial charge on any atom is 0.257 e. The number of methoxy groups -OCH3 is 1. The van der Waals surface area contributed by atoms with Crippen molar-refractivity contribution in [2.24, 2.45) is 11.7 Å². The Kier molecular flexibility index (Phi) is 4.43. The van der Waals surface area contributed by atoms with Gasteiger partial charge >= 0.3 is 0 Å². The van der Waals surface area contributed by atoms with E-state index in [2.05, 4.69) is 0 Å². The summed E-state index contributed by atoms with van der Waals surface area (Å²) in [6, 6.07) is 5.71. The second-order valence-corrected chi connectivity index (χ2v) is 5.19. The van der Waals surface area contributed by atoms with Gasteiger partial charge in [-0.1, -0.05) is 11.6 Å². The predicted octanol–water partition coefficient (Wildman–Crippen LogP) is 1.81. The lowest BCUT2D eigenvalue weighted by atomic mass is 10.1. The summed E-state index contributed by atoms with van der Waals surface area (Å²) < 4.78 is 5.29. The Bertz CT molecular complexity index is 459. The summed E-state index contributed by atoms with van der Waals surface area (Å²) in [5.74, 6) is 1.27. The van der Waals surface area contributed by atoms with Crippen molar-refractivity contribution >= 4 is 5.91 Å². The lowest BCUT2D eigenvalue weighted by Crippen LogP contribution is -2.29. The summed E-state index contributed by atoms with van der Waals surface area (Å²) in [5, 5.41) is 0. The minimum absolute atomic E-state index is 0.0695. The van der Waals surface area contributed by atoms with Crippen molar-refractivity contribution in [3.05, 3.63) is 29.3 Å². The van der Waals surface area contributed by atoms with Crippen LogP contribution in [0.4, 0.5) is 0 Å². The van der Waals surface area contributed by atoms with Gasteiger partial charge in [-0.3, -0.25) is 4.79 Å². The van der Waals surface area contributed by atoms with Crippen LogP contribution in [0.3, 0.4) is 0 Å². The number of rotatable bonds is 4. The van der Waals surface area contributed by atoms with Gasteiger partial charge in [-0.15, -0.1) is 0 Å². The first kappa shape index (κ1) is 13.9. The molecular weight excluding hydrogens is 240 g/mol. The van der Waals surface area contributed by atoms with E-state index in [0.717, 1.165) is 31.5 Å². The van der Waals surface area contributed by atoms with E-state index in [4.69, 9.17) is 10.5 Å². The molecule has 1 aliphatic heterocycles. The van der Waals surface area contributed by atoms with Gasteiger partial charge in [0.2, 0.25) is 0 Å². The van der Waals surface area contributed by atoms with Crippen LogP contribution in [-0.2, 0) is 0 Å². The minimum Gasteiger partial charge on any atom is -0.496 e. The topological polar surface area (TPSA) is 55.6 Å². The summed E-state index contributed by atoms with van der Waals surface area (Å²) in [4.78, 5) is 14.5. The highest BCUT2D eigenvalue weighted by molar-refractivity contribution is 5.97. The third-order valence-electron chi connectivity index (χ3n) is 3.73. The molecule has 0 radical (unpaired) electrons. The van der Waals surface area contributed by atoms with Crippen molar-refractivity contribution in [2.45, 2.75) is 19.8 Å². The van der Waals surface area contributed by atoms with Crippen molar-refractivity contribution in [3.63, 3.8) is 0 Å². The average molecular weight is 262 g/mol. The highest BCUT2D eigenvalue weighted by atomic mass is 16.5. The maximum absolute atomic E-state index is 12.5. The fraction of sp³-hybridized carbons (Fsp3) is 0.533. The number of nitrogens with two attached hydrogens (primary N) is 1. The highest BCUT2D eigenvalue weighted by Gasteiger charge is 2.27. The Morgan fingerprint density at radius 3 is 3.00 bits per heavy atom. The summed E-state index contributed by atoms with van der Waals surface area (Å²) >= 11 is 0. The Balaban J connectivity index is 2.14. The van der Waals surface area contributed by atoms with Crippen LogP contribution in [0.1, 0.15) is 28.8 Å². The van der Waals surface area contributed by atoms with Crippen molar-refractivity contribution < 1.29 is 9.53 Å². The van der Waals surface area contributed by atoms with E-state index < -0.39 is 0 Å². The summed E-state index contributed by atoms with van der Waals surface area (Å²) in [7, 11) is 1.60. The van der Waals surface area contributed by atoms with Crippen molar-refractivity contribution in [3.8, 4) is 5.75 Å². The molecule has 0 aliphatic carbocycles. The van der Waals surface area contributed by atoms with Gasteiger partial charge in [0.25, 0.3) is 5.91 Å². The molecule has 4 heteroatoms. The van der Waals surface area contributed by atoms with Crippen LogP contribution in [0, 0.1) is 12.8 Å². The molecule has 104 valence electrons. The van der Waals surface area contributed by atoms with Gasteiger partial charge in [0.1, 0.15) is 5.75 Å². The number of carbonyl (C=O) groups excluding carboxylic acids is 1. The standard InChI is InChI=1S/C15H22N2O2/c1-11-3-4-14(19-2)13(9-11)15(18)17-8-6-12(10-17)5-7-16/h3-4,9,12H,5-8,10,16H2,1-2H3.